The van der Waals surface area contributed by atoms with Crippen molar-refractivity contribution < 1.29 is 0 Å². The molecule has 73 heavy (non-hydrogen) atoms. The van der Waals surface area contributed by atoms with Crippen LogP contribution < -0.4 is 25.2 Å². The van der Waals surface area contributed by atoms with Gasteiger partial charge in [0.25, 0.3) is 0 Å². The molecule has 0 spiro atoms. The predicted octanol–water partition coefficient (Wildman–Crippen LogP) is 17.1. The van der Waals surface area contributed by atoms with Crippen LogP contribution in [0.4, 0.5) is 51.2 Å². The minimum absolute atomic E-state index is 0.0136. The van der Waals surface area contributed by atoms with E-state index >= 15 is 0 Å². The summed E-state index contributed by atoms with van der Waals surface area (Å²) in [7, 11) is 0. The maximum atomic E-state index is 2.68. The van der Waals surface area contributed by atoms with Crippen LogP contribution in [-0.2, 0) is 27.1 Å². The van der Waals surface area contributed by atoms with Crippen molar-refractivity contribution >= 4 is 104 Å². The quantitative estimate of drug-likeness (QED) is 0.163. The van der Waals surface area contributed by atoms with Crippen molar-refractivity contribution in [1.82, 2.24) is 4.57 Å². The average Bonchev–Trinajstić information content (AvgIpc) is 3.67. The topological polar surface area (TPSA) is 14.7 Å². The summed E-state index contributed by atoms with van der Waals surface area (Å²) in [4.78, 5) is 8.04. The Kier molecular flexibility index (Phi) is 10.6. The molecule has 0 fully saturated rings. The Morgan fingerprint density at radius 3 is 0.808 bits per heavy atom. The Balaban J connectivity index is 1.27. The van der Waals surface area contributed by atoms with Gasteiger partial charge in [-0.05, 0) is 0 Å². The van der Waals surface area contributed by atoms with Gasteiger partial charge in [-0.25, -0.2) is 0 Å². The Morgan fingerprint density at radius 1 is 0.274 bits per heavy atom. The van der Waals surface area contributed by atoms with Gasteiger partial charge in [-0.3, -0.25) is 0 Å². The first-order valence-electron chi connectivity index (χ1n) is 26.4. The van der Waals surface area contributed by atoms with Crippen LogP contribution in [0.25, 0.3) is 27.5 Å². The number of aromatic nitrogens is 1. The third-order valence-corrected chi connectivity index (χ3v) is 23.6. The summed E-state index contributed by atoms with van der Waals surface area (Å²) in [5.41, 5.74) is 21.6. The van der Waals surface area contributed by atoms with E-state index in [9.17, 15) is 0 Å². The molecule has 0 saturated carbocycles. The molecule has 0 unspecified atom stereocenters. The molecule has 4 nitrogen and oxygen atoms in total. The number of anilines is 9. The molecule has 0 atom stereocenters. The van der Waals surface area contributed by atoms with Gasteiger partial charge < -0.3 is 0 Å². The molecular weight excluding hydrogens is 995 g/mol. The Morgan fingerprint density at radius 2 is 0.534 bits per heavy atom. The molecular formula is C68H71N4Sb. The van der Waals surface area contributed by atoms with Crippen LogP contribution in [0.3, 0.4) is 0 Å². The van der Waals surface area contributed by atoms with Gasteiger partial charge in [-0.1, -0.05) is 0 Å². The minimum atomic E-state index is -3.02. The summed E-state index contributed by atoms with van der Waals surface area (Å²) in [6.45, 7) is 35.2. The molecule has 3 aliphatic rings. The van der Waals surface area contributed by atoms with E-state index in [-0.39, 0.29) is 27.1 Å². The van der Waals surface area contributed by atoms with E-state index in [1.807, 2.05) is 0 Å². The van der Waals surface area contributed by atoms with Crippen molar-refractivity contribution in [2.75, 3.05) is 14.7 Å². The van der Waals surface area contributed by atoms with Crippen LogP contribution in [0.2, 0.25) is 0 Å². The van der Waals surface area contributed by atoms with Crippen LogP contribution in [0.15, 0.2) is 158 Å². The van der Waals surface area contributed by atoms with E-state index in [1.165, 1.54) is 117 Å². The summed E-state index contributed by atoms with van der Waals surface area (Å²) in [5.74, 6) is 0. The van der Waals surface area contributed by atoms with Crippen molar-refractivity contribution in [3.05, 3.63) is 186 Å². The average molecular weight is 1070 g/mol. The molecule has 9 aromatic rings. The zero-order chi connectivity index (χ0) is 51.5. The van der Waals surface area contributed by atoms with Crippen molar-refractivity contribution in [2.24, 2.45) is 0 Å². The molecule has 0 radical (unpaired) electrons. The fourth-order valence-electron chi connectivity index (χ4n) is 11.6. The molecule has 0 amide bonds. The van der Waals surface area contributed by atoms with E-state index < -0.39 is 20.2 Å². The predicted molar refractivity (Wildman–Crippen MR) is 317 cm³/mol. The first-order valence-corrected chi connectivity index (χ1v) is 30.3. The second-order valence-electron chi connectivity index (χ2n) is 26.2. The Hall–Kier alpha value is -6.22. The third kappa shape index (κ3) is 7.59. The van der Waals surface area contributed by atoms with Crippen LogP contribution in [0, 0.1) is 0 Å². The molecule has 5 heteroatoms. The van der Waals surface area contributed by atoms with Crippen LogP contribution in [0.1, 0.15) is 132 Å². The number of fused-ring (bicyclic) bond motifs is 3. The van der Waals surface area contributed by atoms with Gasteiger partial charge in [0.15, 0.2) is 0 Å². The van der Waals surface area contributed by atoms with E-state index in [2.05, 4.69) is 281 Å². The number of benzene rings is 8. The zero-order valence-corrected chi connectivity index (χ0v) is 48.3. The molecule has 0 aliphatic carbocycles. The third-order valence-electron chi connectivity index (χ3n) is 15.9. The van der Waals surface area contributed by atoms with Gasteiger partial charge >= 0.3 is 445 Å². The Bertz CT molecular complexity index is 3480. The molecule has 1 aromatic heterocycles. The fraction of sp³-hybridized carbons (Fsp3) is 0.294. The standard InChI is InChI=1S/C68H71N4.Sb/c1-64(2,3)45-24-30-50(31-25-45)69-53-36-48(67(10,11)12)38-55(40-53)70(51-32-26-46(27-33-51)65(4,5)6)57-42-58(44-59(43-57)72-62-22-18-16-20-60(62)61-21-17-19-23-63(61)72)71(52-34-28-47(29-35-52)66(7,8)9)56-39-49(68(13,14)15)37-54(69)41-56;/h16-39,43-44H,1-15H3;. The normalized spacial score (nSPS) is 14.6. The molecule has 4 heterocycles. The number of nitrogens with zero attached hydrogens (tertiary/aromatic N) is 4. The monoisotopic (exact) mass is 1060 g/mol. The van der Waals surface area contributed by atoms with Crippen molar-refractivity contribution in [3.63, 3.8) is 0 Å². The van der Waals surface area contributed by atoms with Crippen LogP contribution in [-0.4, -0.2) is 24.8 Å². The summed E-state index contributed by atoms with van der Waals surface area (Å²) < 4.78 is 7.13. The molecule has 3 aliphatic heterocycles. The first kappa shape index (κ1) is 47.8. The van der Waals surface area contributed by atoms with Gasteiger partial charge in [0, 0.05) is 0 Å². The van der Waals surface area contributed by atoms with Gasteiger partial charge in [0.2, 0.25) is 0 Å². The van der Waals surface area contributed by atoms with Gasteiger partial charge in [-0.2, -0.15) is 0 Å². The number of hydrogen-bond donors (Lipinski definition) is 0. The molecule has 0 N–H and O–H groups in total. The summed E-state index contributed by atoms with van der Waals surface area (Å²) >= 11 is -3.02. The van der Waals surface area contributed by atoms with E-state index in [0.717, 1.165) is 0 Å². The fourth-order valence-corrected chi connectivity index (χ4v) is 20.3. The molecule has 368 valence electrons. The number of para-hydroxylation sites is 2. The Labute approximate surface area is 442 Å². The molecule has 8 aromatic carbocycles. The second kappa shape index (κ2) is 16.1. The molecule has 12 rings (SSSR count). The number of rotatable bonds is 4. The van der Waals surface area contributed by atoms with Gasteiger partial charge in [0.1, 0.15) is 0 Å². The SMILES string of the molecule is CC(C)(C)c1ccc(N2c3cc(-n4c5ccccc5c5ccccc54)cc4[c]3[Sb]3[c]5c2cc(C(C)(C)C)cc5N(c2ccc(C(C)(C)C)cc2)c2cc(C(C)(C)C)cc([c]23)N4c2ccc(C(C)(C)C)cc2)cc1. The molecule has 0 bridgehead atoms. The van der Waals surface area contributed by atoms with E-state index in [4.69, 9.17) is 0 Å². The van der Waals surface area contributed by atoms with Crippen molar-refractivity contribution in [1.29, 1.82) is 0 Å². The zero-order valence-electron chi connectivity index (χ0n) is 45.7. The van der Waals surface area contributed by atoms with Crippen molar-refractivity contribution in [3.8, 4) is 5.69 Å². The van der Waals surface area contributed by atoms with E-state index in [1.54, 1.807) is 0 Å². The first-order chi connectivity index (χ1) is 34.4. The maximum absolute atomic E-state index is 3.02. The van der Waals surface area contributed by atoms with Gasteiger partial charge in [0.05, 0.1) is 0 Å². The van der Waals surface area contributed by atoms with Crippen LogP contribution in [0.5, 0.6) is 0 Å². The summed E-state index contributed by atoms with van der Waals surface area (Å²) in [6, 6.07) is 62.1. The van der Waals surface area contributed by atoms with Gasteiger partial charge in [-0.15, -0.1) is 0 Å². The summed E-state index contributed by atoms with van der Waals surface area (Å²) in [6.07, 6.45) is 0. The second-order valence-corrected chi connectivity index (χ2v) is 31.9. The van der Waals surface area contributed by atoms with E-state index in [0.29, 0.717) is 0 Å². The van der Waals surface area contributed by atoms with Crippen molar-refractivity contribution in [2.45, 2.75) is 131 Å². The number of hydrogen-bond acceptors (Lipinski definition) is 3. The summed E-state index contributed by atoms with van der Waals surface area (Å²) in [5, 5.41) is 2.53. The molecule has 0 saturated heterocycles. The van der Waals surface area contributed by atoms with Crippen LogP contribution >= 0.6 is 0 Å².